The van der Waals surface area contributed by atoms with Crippen molar-refractivity contribution in [3.63, 3.8) is 0 Å². The summed E-state index contributed by atoms with van der Waals surface area (Å²) in [6.45, 7) is 0. The first-order chi connectivity index (χ1) is 4.76. The zero-order valence-corrected chi connectivity index (χ0v) is 5.65. The third-order valence-electron chi connectivity index (χ3n) is 0.587. The number of rotatable bonds is 1. The molecule has 0 saturated heterocycles. The average Bonchev–Trinajstić information content (AvgIpc) is 1.54. The molecule has 0 aromatic rings. The molecule has 1 atom stereocenters. The molecule has 9 heteroatoms. The number of carbonyl (C=O) groups is 1. The molecule has 0 fully saturated rings. The fourth-order valence-electron chi connectivity index (χ4n) is 0.290. The maximum atomic E-state index is 11.5. The van der Waals surface area contributed by atoms with E-state index in [-0.39, 0.29) is 0 Å². The fourth-order valence-corrected chi connectivity index (χ4v) is 0.621. The van der Waals surface area contributed by atoms with Crippen LogP contribution in [0.1, 0.15) is 0 Å². The van der Waals surface area contributed by atoms with E-state index >= 15 is 0 Å². The molecule has 3 N–H and O–H groups in total. The maximum Gasteiger partial charge on any atom is 0.502 e. The Balaban J connectivity index is 4.63. The summed E-state index contributed by atoms with van der Waals surface area (Å²) in [7, 11) is 0. The molecule has 0 aliphatic heterocycles. The van der Waals surface area contributed by atoms with Crippen LogP contribution in [0.2, 0.25) is 0 Å². The van der Waals surface area contributed by atoms with E-state index in [2.05, 4.69) is 5.73 Å². The average molecular weight is 192 g/mol. The first-order valence-corrected chi connectivity index (χ1v) is 3.10. The van der Waals surface area contributed by atoms with Gasteiger partial charge in [-0.05, 0) is 0 Å². The van der Waals surface area contributed by atoms with Crippen molar-refractivity contribution in [2.45, 2.75) is 6.30 Å². The Bertz CT molecular complexity index is 178. The van der Waals surface area contributed by atoms with E-state index < -0.39 is 27.9 Å². The molecule has 0 aromatic carbocycles. The van der Waals surface area contributed by atoms with Gasteiger partial charge in [0.05, 0.1) is 0 Å². The lowest BCUT2D eigenvalue weighted by atomic mass is 10.9. The maximum absolute atomic E-state index is 11.5. The molecule has 1 unspecified atom stereocenters. The number of carbonyl (C=O) groups excluding carboxylic acids is 1. The number of amides is 2. The highest BCUT2D eigenvalue weighted by Crippen LogP contribution is 2.21. The summed E-state index contributed by atoms with van der Waals surface area (Å²) in [5.41, 5.74) is 4.14. The van der Waals surface area contributed by atoms with Gasteiger partial charge in [0.1, 0.15) is 0 Å². The van der Waals surface area contributed by atoms with E-state index in [4.69, 9.17) is 4.55 Å². The predicted octanol–water partition coefficient (Wildman–Crippen LogP) is 0.0236. The van der Waals surface area contributed by atoms with E-state index in [1.807, 2.05) is 0 Å². The molecule has 0 spiro atoms. The Labute approximate surface area is 61.4 Å². The Morgan fingerprint density at radius 1 is 1.55 bits per heavy atom. The van der Waals surface area contributed by atoms with Gasteiger partial charge in [-0.15, -0.1) is 17.5 Å². The third kappa shape index (κ3) is 2.72. The molecule has 0 radical (unpaired) electrons. The number of hydrogen-bond acceptors (Lipinski definition) is 2. The standard InChI is InChI=1S/C2H3F3N2O3S/c3-2(4,5)7(1(6)8)11(9)10/h(H2,6,8)(H,9,10). The van der Waals surface area contributed by atoms with Crippen molar-refractivity contribution in [2.75, 3.05) is 0 Å². The number of nitrogens with two attached hydrogens (primary N) is 1. The lowest BCUT2D eigenvalue weighted by molar-refractivity contribution is -0.191. The molecule has 0 aliphatic carbocycles. The van der Waals surface area contributed by atoms with Crippen molar-refractivity contribution in [2.24, 2.45) is 5.73 Å². The fraction of sp³-hybridized carbons (Fsp3) is 0.500. The molecule has 0 heterocycles. The van der Waals surface area contributed by atoms with Gasteiger partial charge in [0, 0.05) is 0 Å². The zero-order valence-electron chi connectivity index (χ0n) is 4.83. The molecule has 66 valence electrons. The topological polar surface area (TPSA) is 83.6 Å². The summed E-state index contributed by atoms with van der Waals surface area (Å²) in [6, 6.07) is -2.03. The van der Waals surface area contributed by atoms with E-state index in [1.165, 1.54) is 0 Å². The van der Waals surface area contributed by atoms with Crippen molar-refractivity contribution in [3.8, 4) is 0 Å². The van der Waals surface area contributed by atoms with E-state index in [0.717, 1.165) is 0 Å². The minimum absolute atomic E-state index is 1.31. The van der Waals surface area contributed by atoms with Gasteiger partial charge in [-0.3, -0.25) is 4.55 Å². The quantitative estimate of drug-likeness (QED) is 0.453. The molecule has 11 heavy (non-hydrogen) atoms. The van der Waals surface area contributed by atoms with Crippen molar-refractivity contribution in [1.29, 1.82) is 0 Å². The van der Waals surface area contributed by atoms with Gasteiger partial charge in [-0.25, -0.2) is 9.00 Å². The molecule has 0 aliphatic rings. The Hall–Kier alpha value is -0.830. The van der Waals surface area contributed by atoms with Gasteiger partial charge in [0.15, 0.2) is 0 Å². The Kier molecular flexibility index (Phi) is 2.82. The second-order valence-electron chi connectivity index (χ2n) is 1.33. The van der Waals surface area contributed by atoms with E-state index in [0.29, 0.717) is 0 Å². The number of alkyl halides is 3. The van der Waals surface area contributed by atoms with Gasteiger partial charge in [0.25, 0.3) is 11.3 Å². The van der Waals surface area contributed by atoms with Crippen LogP contribution in [-0.2, 0) is 11.3 Å². The van der Waals surface area contributed by atoms with Gasteiger partial charge >= 0.3 is 12.3 Å². The van der Waals surface area contributed by atoms with Crippen LogP contribution in [0.5, 0.6) is 0 Å². The zero-order chi connectivity index (χ0) is 9.23. The normalized spacial score (nSPS) is 14.2. The van der Waals surface area contributed by atoms with Gasteiger partial charge in [-0.1, -0.05) is 0 Å². The Morgan fingerprint density at radius 3 is 1.91 bits per heavy atom. The number of primary amides is 1. The molecule has 0 rings (SSSR count). The second-order valence-corrected chi connectivity index (χ2v) is 2.16. The summed E-state index contributed by atoms with van der Waals surface area (Å²) in [5.74, 6) is 0. The van der Waals surface area contributed by atoms with Crippen LogP contribution in [0, 0.1) is 0 Å². The molecule has 0 saturated carbocycles. The van der Waals surface area contributed by atoms with Gasteiger partial charge < -0.3 is 5.73 Å². The molecule has 5 nitrogen and oxygen atoms in total. The predicted molar refractivity (Wildman–Crippen MR) is 28.2 cm³/mol. The van der Waals surface area contributed by atoms with Gasteiger partial charge in [-0.2, -0.15) is 0 Å². The lowest BCUT2D eigenvalue weighted by Crippen LogP contribution is -2.46. The minimum Gasteiger partial charge on any atom is -0.350 e. The summed E-state index contributed by atoms with van der Waals surface area (Å²) < 4.78 is 50.9. The number of urea groups is 1. The monoisotopic (exact) mass is 192 g/mol. The molecular weight excluding hydrogens is 189 g/mol. The van der Waals surface area contributed by atoms with Crippen LogP contribution in [-0.4, -0.2) is 25.4 Å². The van der Waals surface area contributed by atoms with Crippen LogP contribution in [0.15, 0.2) is 0 Å². The minimum atomic E-state index is -5.23. The largest absolute Gasteiger partial charge is 0.502 e. The third-order valence-corrected chi connectivity index (χ3v) is 1.29. The van der Waals surface area contributed by atoms with Crippen molar-refractivity contribution in [3.05, 3.63) is 0 Å². The van der Waals surface area contributed by atoms with Crippen molar-refractivity contribution >= 4 is 17.3 Å². The van der Waals surface area contributed by atoms with Crippen molar-refractivity contribution in [1.82, 2.24) is 4.31 Å². The van der Waals surface area contributed by atoms with Crippen LogP contribution in [0.4, 0.5) is 18.0 Å². The van der Waals surface area contributed by atoms with Crippen LogP contribution in [0.3, 0.4) is 0 Å². The number of hydrogen-bond donors (Lipinski definition) is 2. The number of halogens is 3. The summed E-state index contributed by atoms with van der Waals surface area (Å²) in [5, 5.41) is 0. The summed E-state index contributed by atoms with van der Waals surface area (Å²) >= 11 is -3.47. The smallest absolute Gasteiger partial charge is 0.350 e. The van der Waals surface area contributed by atoms with Crippen molar-refractivity contribution < 1.29 is 26.7 Å². The first-order valence-electron chi connectivity index (χ1n) is 2.04. The highest BCUT2D eigenvalue weighted by atomic mass is 32.2. The molecule has 0 bridgehead atoms. The highest BCUT2D eigenvalue weighted by molar-refractivity contribution is 7.77. The Morgan fingerprint density at radius 2 is 1.91 bits per heavy atom. The molecule has 0 aromatic heterocycles. The molecular formula is C2H3F3N2O3S. The number of nitrogens with zero attached hydrogens (tertiary/aromatic N) is 1. The summed E-state index contributed by atoms with van der Waals surface area (Å²) in [4.78, 5) is 9.86. The SMILES string of the molecule is NC(=O)N(S(=O)O)C(F)(F)F. The molecule has 2 amide bonds. The van der Waals surface area contributed by atoms with Crippen LogP contribution >= 0.6 is 0 Å². The van der Waals surface area contributed by atoms with E-state index in [9.17, 15) is 22.2 Å². The van der Waals surface area contributed by atoms with Crippen LogP contribution < -0.4 is 5.73 Å². The highest BCUT2D eigenvalue weighted by Gasteiger charge is 2.44. The second kappa shape index (κ2) is 3.05. The first kappa shape index (κ1) is 10.2. The van der Waals surface area contributed by atoms with Crippen LogP contribution in [0.25, 0.3) is 0 Å². The summed E-state index contributed by atoms with van der Waals surface area (Å²) in [6.07, 6.45) is -5.23. The van der Waals surface area contributed by atoms with Gasteiger partial charge in [0.2, 0.25) is 0 Å². The van der Waals surface area contributed by atoms with E-state index in [1.54, 1.807) is 0 Å². The lowest BCUT2D eigenvalue weighted by Gasteiger charge is -2.17.